The Bertz CT molecular complexity index is 931. The van der Waals surface area contributed by atoms with Gasteiger partial charge in [-0.2, -0.15) is 18.9 Å². The number of hydrogen-bond donors (Lipinski definition) is 2. The number of alkyl halides is 2. The van der Waals surface area contributed by atoms with E-state index < -0.39 is 12.2 Å². The molecule has 0 aromatic carbocycles. The maximum Gasteiger partial charge on any atom is 0.410 e. The lowest BCUT2D eigenvalue weighted by atomic mass is 9.81. The molecule has 0 spiro atoms. The van der Waals surface area contributed by atoms with Crippen LogP contribution in [0.25, 0.3) is 0 Å². The van der Waals surface area contributed by atoms with E-state index in [4.69, 9.17) is 9.47 Å². The van der Waals surface area contributed by atoms with Crippen LogP contribution in [0.5, 0.6) is 11.8 Å². The maximum atomic E-state index is 12.4. The molecule has 1 atom stereocenters. The summed E-state index contributed by atoms with van der Waals surface area (Å²) in [5.41, 5.74) is -0.914. The van der Waals surface area contributed by atoms with Crippen LogP contribution in [-0.4, -0.2) is 62.6 Å². The first kappa shape index (κ1) is 23.5. The Hall–Kier alpha value is -3.18. The van der Waals surface area contributed by atoms with Gasteiger partial charge < -0.3 is 24.4 Å². The molecule has 1 amide bonds. The van der Waals surface area contributed by atoms with Crippen LogP contribution in [0.3, 0.4) is 0 Å². The average Bonchev–Trinajstić information content (AvgIpc) is 3.08. The SMILES string of the molecule is CC(C)(C)OC(=O)N1CCC(Oc2cncc(Nc3cc(OC(F)F)[nH]n3)n2)C(C)(C)C1. The highest BCUT2D eigenvalue weighted by Crippen LogP contribution is 2.33. The number of nitrogens with one attached hydrogen (secondary N) is 2. The molecule has 3 heterocycles. The fourth-order valence-electron chi connectivity index (χ4n) is 3.30. The second kappa shape index (κ2) is 9.13. The largest absolute Gasteiger partial charge is 0.472 e. The smallest absolute Gasteiger partial charge is 0.410 e. The van der Waals surface area contributed by atoms with Crippen LogP contribution in [0.2, 0.25) is 0 Å². The molecule has 176 valence electrons. The Labute approximate surface area is 184 Å². The van der Waals surface area contributed by atoms with Gasteiger partial charge in [0, 0.05) is 31.0 Å². The first-order chi connectivity index (χ1) is 14.9. The number of carbonyl (C=O) groups excluding carboxylic acids is 1. The van der Waals surface area contributed by atoms with Crippen molar-refractivity contribution >= 4 is 17.7 Å². The normalized spacial score (nSPS) is 18.4. The minimum atomic E-state index is -2.95. The Kier molecular flexibility index (Phi) is 6.70. The van der Waals surface area contributed by atoms with Gasteiger partial charge in [-0.1, -0.05) is 13.8 Å². The number of anilines is 2. The topological polar surface area (TPSA) is 114 Å². The minimum Gasteiger partial charge on any atom is -0.472 e. The molecule has 32 heavy (non-hydrogen) atoms. The number of amides is 1. The third-order valence-electron chi connectivity index (χ3n) is 4.68. The van der Waals surface area contributed by atoms with Crippen LogP contribution in [0.15, 0.2) is 18.5 Å². The van der Waals surface area contributed by atoms with E-state index in [9.17, 15) is 13.6 Å². The molecule has 1 aliphatic rings. The minimum absolute atomic E-state index is 0.179. The molecule has 2 aromatic heterocycles. The molecule has 0 bridgehead atoms. The highest BCUT2D eigenvalue weighted by atomic mass is 19.3. The third-order valence-corrected chi connectivity index (χ3v) is 4.68. The van der Waals surface area contributed by atoms with Gasteiger partial charge in [0.2, 0.25) is 11.8 Å². The lowest BCUT2D eigenvalue weighted by Gasteiger charge is -2.43. The van der Waals surface area contributed by atoms with Crippen LogP contribution >= 0.6 is 0 Å². The molecule has 0 aliphatic carbocycles. The van der Waals surface area contributed by atoms with Crippen molar-refractivity contribution in [3.63, 3.8) is 0 Å². The zero-order valence-electron chi connectivity index (χ0n) is 18.7. The number of aromatic amines is 1. The van der Waals surface area contributed by atoms with Crippen LogP contribution in [0.4, 0.5) is 25.2 Å². The molecule has 1 fully saturated rings. The first-order valence-corrected chi connectivity index (χ1v) is 10.2. The summed E-state index contributed by atoms with van der Waals surface area (Å²) in [4.78, 5) is 22.6. The van der Waals surface area contributed by atoms with Gasteiger partial charge in [0.05, 0.1) is 12.4 Å². The van der Waals surface area contributed by atoms with Crippen molar-refractivity contribution in [1.82, 2.24) is 25.1 Å². The molecule has 12 heteroatoms. The van der Waals surface area contributed by atoms with Crippen molar-refractivity contribution in [1.29, 1.82) is 0 Å². The number of hydrogen-bond acceptors (Lipinski definition) is 8. The van der Waals surface area contributed by atoms with Crippen molar-refractivity contribution in [2.75, 3.05) is 18.4 Å². The molecule has 1 unspecified atom stereocenters. The lowest BCUT2D eigenvalue weighted by Crippen LogP contribution is -2.53. The van der Waals surface area contributed by atoms with Crippen molar-refractivity contribution in [3.8, 4) is 11.8 Å². The van der Waals surface area contributed by atoms with Gasteiger partial charge >= 0.3 is 12.7 Å². The van der Waals surface area contributed by atoms with E-state index in [1.54, 1.807) is 4.90 Å². The monoisotopic (exact) mass is 454 g/mol. The predicted molar refractivity (Wildman–Crippen MR) is 111 cm³/mol. The quantitative estimate of drug-likeness (QED) is 0.674. The number of ether oxygens (including phenoxy) is 3. The molecular weight excluding hydrogens is 426 g/mol. The molecular formula is C20H28F2N6O4. The van der Waals surface area contributed by atoms with Crippen LogP contribution in [0, 0.1) is 5.41 Å². The van der Waals surface area contributed by atoms with Gasteiger partial charge in [-0.3, -0.25) is 4.98 Å². The van der Waals surface area contributed by atoms with Crippen LogP contribution in [0.1, 0.15) is 41.0 Å². The zero-order chi connectivity index (χ0) is 23.5. The van der Waals surface area contributed by atoms with Gasteiger partial charge in [-0.25, -0.2) is 9.89 Å². The highest BCUT2D eigenvalue weighted by molar-refractivity contribution is 5.68. The molecule has 2 N–H and O–H groups in total. The fourth-order valence-corrected chi connectivity index (χ4v) is 3.30. The standard InChI is InChI=1S/C20H28F2N6O4/c1-19(2,3)32-18(29)28-7-6-12(20(4,5)11-28)30-16-10-23-9-14(25-16)24-13-8-15(27-26-13)31-17(21)22/h8-10,12,17H,6-7,11H2,1-5H3,(H2,24,25,26,27). The van der Waals surface area contributed by atoms with Crippen molar-refractivity contribution in [3.05, 3.63) is 18.5 Å². The van der Waals surface area contributed by atoms with Gasteiger partial charge in [0.1, 0.15) is 11.7 Å². The van der Waals surface area contributed by atoms with Gasteiger partial charge in [0.15, 0.2) is 11.6 Å². The summed E-state index contributed by atoms with van der Waals surface area (Å²) >= 11 is 0. The van der Waals surface area contributed by atoms with Crippen LogP contribution < -0.4 is 14.8 Å². The maximum absolute atomic E-state index is 12.4. The van der Waals surface area contributed by atoms with E-state index in [-0.39, 0.29) is 29.3 Å². The number of aromatic nitrogens is 4. The van der Waals surface area contributed by atoms with Crippen molar-refractivity contribution in [2.45, 2.75) is 59.4 Å². The average molecular weight is 454 g/mol. The number of rotatable bonds is 6. The third kappa shape index (κ3) is 6.41. The molecule has 3 rings (SSSR count). The Morgan fingerprint density at radius 2 is 2.06 bits per heavy atom. The Morgan fingerprint density at radius 1 is 1.31 bits per heavy atom. The molecule has 0 radical (unpaired) electrons. The number of nitrogens with zero attached hydrogens (tertiary/aromatic N) is 4. The summed E-state index contributed by atoms with van der Waals surface area (Å²) in [5.74, 6) is 0.666. The summed E-state index contributed by atoms with van der Waals surface area (Å²) in [6, 6.07) is 1.27. The van der Waals surface area contributed by atoms with E-state index >= 15 is 0 Å². The van der Waals surface area contributed by atoms with Gasteiger partial charge in [-0.15, -0.1) is 0 Å². The number of halogens is 2. The Balaban J connectivity index is 1.61. The molecule has 1 saturated heterocycles. The number of carbonyl (C=O) groups is 1. The molecule has 0 saturated carbocycles. The summed E-state index contributed by atoms with van der Waals surface area (Å²) in [5, 5.41) is 9.02. The van der Waals surface area contributed by atoms with Crippen molar-refractivity contribution in [2.24, 2.45) is 5.41 Å². The van der Waals surface area contributed by atoms with E-state index in [0.29, 0.717) is 31.2 Å². The number of piperidine rings is 1. The number of H-pyrrole nitrogens is 1. The first-order valence-electron chi connectivity index (χ1n) is 10.2. The summed E-state index contributed by atoms with van der Waals surface area (Å²) in [6.07, 6.45) is 2.98. The van der Waals surface area contributed by atoms with Crippen molar-refractivity contribution < 1.29 is 27.8 Å². The van der Waals surface area contributed by atoms with E-state index in [2.05, 4.69) is 30.2 Å². The van der Waals surface area contributed by atoms with Crippen LogP contribution in [-0.2, 0) is 4.74 Å². The summed E-state index contributed by atoms with van der Waals surface area (Å²) in [6.45, 7) is 7.54. The van der Waals surface area contributed by atoms with E-state index in [1.807, 2.05) is 34.6 Å². The fraction of sp³-hybridized carbons (Fsp3) is 0.600. The Morgan fingerprint density at radius 3 is 2.72 bits per heavy atom. The van der Waals surface area contributed by atoms with Gasteiger partial charge in [-0.05, 0) is 20.8 Å². The second-order valence-electron chi connectivity index (χ2n) is 9.15. The zero-order valence-corrected chi connectivity index (χ0v) is 18.7. The molecule has 2 aromatic rings. The second-order valence-corrected chi connectivity index (χ2v) is 9.15. The molecule has 1 aliphatic heterocycles. The number of likely N-dealkylation sites (tertiary alicyclic amines) is 1. The summed E-state index contributed by atoms with van der Waals surface area (Å²) in [7, 11) is 0. The summed E-state index contributed by atoms with van der Waals surface area (Å²) < 4.78 is 40.4. The van der Waals surface area contributed by atoms with E-state index in [1.165, 1.54) is 18.5 Å². The lowest BCUT2D eigenvalue weighted by molar-refractivity contribution is -0.0528. The van der Waals surface area contributed by atoms with E-state index in [0.717, 1.165) is 0 Å². The highest BCUT2D eigenvalue weighted by Gasteiger charge is 2.40. The van der Waals surface area contributed by atoms with Gasteiger partial charge in [0.25, 0.3) is 0 Å². The predicted octanol–water partition coefficient (Wildman–Crippen LogP) is 3.96. The molecule has 10 nitrogen and oxygen atoms in total.